The van der Waals surface area contributed by atoms with Crippen LogP contribution in [0.25, 0.3) is 11.3 Å². The van der Waals surface area contributed by atoms with E-state index < -0.39 is 0 Å². The molecule has 0 aliphatic carbocycles. The number of hydrogen-bond acceptors (Lipinski definition) is 1. The third-order valence-corrected chi connectivity index (χ3v) is 2.38. The van der Waals surface area contributed by atoms with Gasteiger partial charge in [-0.1, -0.05) is 23.7 Å². The van der Waals surface area contributed by atoms with Crippen molar-refractivity contribution in [2.45, 2.75) is 6.92 Å². The summed E-state index contributed by atoms with van der Waals surface area (Å²) in [4.78, 5) is 0. The summed E-state index contributed by atoms with van der Waals surface area (Å²) >= 11 is 5.99. The van der Waals surface area contributed by atoms with E-state index in [0.717, 1.165) is 21.9 Å². The Morgan fingerprint density at radius 2 is 2.08 bits per heavy atom. The molecule has 2 rings (SSSR count). The molecule has 0 bridgehead atoms. The van der Waals surface area contributed by atoms with Crippen LogP contribution in [0.4, 0.5) is 0 Å². The lowest BCUT2D eigenvalue weighted by molar-refractivity contribution is 0.582. The van der Waals surface area contributed by atoms with Crippen molar-refractivity contribution in [2.24, 2.45) is 0 Å². The molecule has 2 heteroatoms. The molecule has 13 heavy (non-hydrogen) atoms. The largest absolute Gasteiger partial charge is 0.464 e. The first-order valence-electron chi connectivity index (χ1n) is 4.07. The summed E-state index contributed by atoms with van der Waals surface area (Å²) in [6.07, 6.45) is 1.66. The monoisotopic (exact) mass is 192 g/mol. The van der Waals surface area contributed by atoms with Gasteiger partial charge < -0.3 is 4.42 Å². The number of benzene rings is 1. The number of aryl methyl sites for hydroxylation is 1. The van der Waals surface area contributed by atoms with Crippen LogP contribution in [0.15, 0.2) is 41.0 Å². The maximum absolute atomic E-state index is 5.99. The number of halogens is 1. The molecule has 0 N–H and O–H groups in total. The predicted molar refractivity (Wildman–Crippen MR) is 53.9 cm³/mol. The van der Waals surface area contributed by atoms with Gasteiger partial charge >= 0.3 is 0 Å². The minimum atomic E-state index is 0.772. The standard InChI is InChI=1S/C11H9ClO/c1-8-4-5-9(7-10(8)12)11-3-2-6-13-11/h2-7H,1H3. The molecule has 0 spiro atoms. The Kier molecular flexibility index (Phi) is 2.11. The van der Waals surface area contributed by atoms with Crippen molar-refractivity contribution in [1.29, 1.82) is 0 Å². The fourth-order valence-electron chi connectivity index (χ4n) is 1.19. The molecule has 0 amide bonds. The van der Waals surface area contributed by atoms with Crippen LogP contribution >= 0.6 is 11.6 Å². The lowest BCUT2D eigenvalue weighted by Crippen LogP contribution is -1.77. The summed E-state index contributed by atoms with van der Waals surface area (Å²) in [6, 6.07) is 9.68. The Morgan fingerprint density at radius 1 is 1.23 bits per heavy atom. The fraction of sp³-hybridized carbons (Fsp3) is 0.0909. The second kappa shape index (κ2) is 3.27. The average Bonchev–Trinajstić information content (AvgIpc) is 2.62. The lowest BCUT2D eigenvalue weighted by atomic mass is 10.1. The van der Waals surface area contributed by atoms with E-state index >= 15 is 0 Å². The van der Waals surface area contributed by atoms with Crippen molar-refractivity contribution < 1.29 is 4.42 Å². The highest BCUT2D eigenvalue weighted by atomic mass is 35.5. The van der Waals surface area contributed by atoms with Gasteiger partial charge in [0.05, 0.1) is 6.26 Å². The Balaban J connectivity index is 2.49. The van der Waals surface area contributed by atoms with E-state index in [1.807, 2.05) is 37.3 Å². The third kappa shape index (κ3) is 1.61. The topological polar surface area (TPSA) is 13.1 Å². The molecule has 2 aromatic rings. The van der Waals surface area contributed by atoms with Crippen molar-refractivity contribution in [1.82, 2.24) is 0 Å². The number of furan rings is 1. The molecule has 1 nitrogen and oxygen atoms in total. The van der Waals surface area contributed by atoms with E-state index in [4.69, 9.17) is 16.0 Å². The van der Waals surface area contributed by atoms with E-state index in [9.17, 15) is 0 Å². The third-order valence-electron chi connectivity index (χ3n) is 1.98. The summed E-state index contributed by atoms with van der Waals surface area (Å²) < 4.78 is 5.26. The predicted octanol–water partition coefficient (Wildman–Crippen LogP) is 3.91. The average molecular weight is 193 g/mol. The van der Waals surface area contributed by atoms with Gasteiger partial charge in [-0.3, -0.25) is 0 Å². The van der Waals surface area contributed by atoms with Gasteiger partial charge in [-0.25, -0.2) is 0 Å². The zero-order chi connectivity index (χ0) is 9.26. The molecule has 0 aliphatic heterocycles. The number of rotatable bonds is 1. The van der Waals surface area contributed by atoms with Gasteiger partial charge in [-0.2, -0.15) is 0 Å². The van der Waals surface area contributed by atoms with Gasteiger partial charge in [0.15, 0.2) is 0 Å². The van der Waals surface area contributed by atoms with Crippen LogP contribution in [0, 0.1) is 6.92 Å². The second-order valence-electron chi connectivity index (χ2n) is 2.94. The highest BCUT2D eigenvalue weighted by Crippen LogP contribution is 2.25. The molecule has 1 aromatic carbocycles. The van der Waals surface area contributed by atoms with Crippen LogP contribution in [0.1, 0.15) is 5.56 Å². The SMILES string of the molecule is Cc1ccc(-c2ccco2)cc1Cl. The Labute approximate surface area is 82.0 Å². The van der Waals surface area contributed by atoms with Gasteiger partial charge in [-0.15, -0.1) is 0 Å². The summed E-state index contributed by atoms with van der Waals surface area (Å²) in [7, 11) is 0. The zero-order valence-corrected chi connectivity index (χ0v) is 8.01. The maximum Gasteiger partial charge on any atom is 0.133 e. The normalized spacial score (nSPS) is 10.3. The van der Waals surface area contributed by atoms with E-state index in [0.29, 0.717) is 0 Å². The Morgan fingerprint density at radius 3 is 2.69 bits per heavy atom. The highest BCUT2D eigenvalue weighted by molar-refractivity contribution is 6.31. The smallest absolute Gasteiger partial charge is 0.133 e. The van der Waals surface area contributed by atoms with Gasteiger partial charge in [-0.05, 0) is 30.7 Å². The molecule has 0 saturated heterocycles. The Bertz CT molecular complexity index is 404. The van der Waals surface area contributed by atoms with Crippen molar-refractivity contribution in [3.63, 3.8) is 0 Å². The summed E-state index contributed by atoms with van der Waals surface area (Å²) in [5, 5.41) is 0.772. The van der Waals surface area contributed by atoms with E-state index in [1.165, 1.54) is 0 Å². The van der Waals surface area contributed by atoms with Gasteiger partial charge in [0.25, 0.3) is 0 Å². The first-order chi connectivity index (χ1) is 6.27. The number of hydrogen-bond donors (Lipinski definition) is 0. The molecule has 0 aliphatic rings. The highest BCUT2D eigenvalue weighted by Gasteiger charge is 2.02. The van der Waals surface area contributed by atoms with Crippen LogP contribution < -0.4 is 0 Å². The van der Waals surface area contributed by atoms with Crippen LogP contribution in [0.3, 0.4) is 0 Å². The van der Waals surface area contributed by atoms with E-state index in [2.05, 4.69) is 0 Å². The molecule has 0 saturated carbocycles. The van der Waals surface area contributed by atoms with E-state index in [-0.39, 0.29) is 0 Å². The van der Waals surface area contributed by atoms with Crippen LogP contribution in [-0.4, -0.2) is 0 Å². The van der Waals surface area contributed by atoms with Crippen molar-refractivity contribution >= 4 is 11.6 Å². The van der Waals surface area contributed by atoms with Crippen LogP contribution in [-0.2, 0) is 0 Å². The van der Waals surface area contributed by atoms with Crippen LogP contribution in [0.2, 0.25) is 5.02 Å². The quantitative estimate of drug-likeness (QED) is 0.668. The first-order valence-corrected chi connectivity index (χ1v) is 4.45. The molecular weight excluding hydrogens is 184 g/mol. The van der Waals surface area contributed by atoms with Crippen molar-refractivity contribution in [3.8, 4) is 11.3 Å². The van der Waals surface area contributed by atoms with E-state index in [1.54, 1.807) is 6.26 Å². The van der Waals surface area contributed by atoms with Crippen molar-refractivity contribution in [3.05, 3.63) is 47.2 Å². The molecule has 0 unspecified atom stereocenters. The second-order valence-corrected chi connectivity index (χ2v) is 3.35. The zero-order valence-electron chi connectivity index (χ0n) is 7.25. The summed E-state index contributed by atoms with van der Waals surface area (Å²) in [6.45, 7) is 1.98. The van der Waals surface area contributed by atoms with Gasteiger partial charge in [0, 0.05) is 10.6 Å². The fourth-order valence-corrected chi connectivity index (χ4v) is 1.37. The lowest BCUT2D eigenvalue weighted by Gasteiger charge is -2.00. The molecule has 0 atom stereocenters. The van der Waals surface area contributed by atoms with Crippen LogP contribution in [0.5, 0.6) is 0 Å². The minimum Gasteiger partial charge on any atom is -0.464 e. The summed E-state index contributed by atoms with van der Waals surface area (Å²) in [5.41, 5.74) is 2.09. The minimum absolute atomic E-state index is 0.772. The molecule has 0 radical (unpaired) electrons. The maximum atomic E-state index is 5.99. The molecule has 0 fully saturated rings. The summed E-state index contributed by atoms with van der Waals surface area (Å²) in [5.74, 6) is 0.849. The Hall–Kier alpha value is -1.21. The molecule has 1 heterocycles. The molecule has 1 aromatic heterocycles. The van der Waals surface area contributed by atoms with Gasteiger partial charge in [0.2, 0.25) is 0 Å². The van der Waals surface area contributed by atoms with Gasteiger partial charge in [0.1, 0.15) is 5.76 Å². The molecule has 66 valence electrons. The van der Waals surface area contributed by atoms with Crippen molar-refractivity contribution in [2.75, 3.05) is 0 Å². The first kappa shape index (κ1) is 8.39. The molecular formula is C11H9ClO.